The minimum absolute atomic E-state index is 0.135. The molecule has 0 bridgehead atoms. The van der Waals surface area contributed by atoms with Gasteiger partial charge in [0.1, 0.15) is 5.75 Å². The van der Waals surface area contributed by atoms with Crippen molar-refractivity contribution in [1.82, 2.24) is 0 Å². The summed E-state index contributed by atoms with van der Waals surface area (Å²) >= 11 is 0. The predicted molar refractivity (Wildman–Crippen MR) is 54.6 cm³/mol. The van der Waals surface area contributed by atoms with Gasteiger partial charge in [0, 0.05) is 5.56 Å². The van der Waals surface area contributed by atoms with E-state index < -0.39 is 0 Å². The molecule has 2 nitrogen and oxygen atoms in total. The lowest BCUT2D eigenvalue weighted by Crippen LogP contribution is -2.00. The lowest BCUT2D eigenvalue weighted by molar-refractivity contribution is -0.131. The van der Waals surface area contributed by atoms with E-state index >= 15 is 0 Å². The third kappa shape index (κ3) is 1.41. The van der Waals surface area contributed by atoms with Crippen LogP contribution in [0.25, 0.3) is 0 Å². The van der Waals surface area contributed by atoms with Crippen molar-refractivity contribution in [3.63, 3.8) is 0 Å². The Bertz CT molecular complexity index is 392. The molecule has 2 heteroatoms. The van der Waals surface area contributed by atoms with Crippen LogP contribution in [0.15, 0.2) is 12.1 Å². The van der Waals surface area contributed by atoms with E-state index in [2.05, 4.69) is 19.9 Å². The van der Waals surface area contributed by atoms with Crippen molar-refractivity contribution in [2.45, 2.75) is 33.1 Å². The topological polar surface area (TPSA) is 26.3 Å². The van der Waals surface area contributed by atoms with Crippen molar-refractivity contribution in [2.24, 2.45) is 0 Å². The van der Waals surface area contributed by atoms with Gasteiger partial charge in [-0.3, -0.25) is 4.79 Å². The Morgan fingerprint density at radius 2 is 2.07 bits per heavy atom. The normalized spacial score (nSPS) is 14.4. The van der Waals surface area contributed by atoms with Crippen LogP contribution in [-0.2, 0) is 11.2 Å². The molecule has 2 rings (SSSR count). The first-order valence-corrected chi connectivity index (χ1v) is 4.92. The van der Waals surface area contributed by atoms with Crippen LogP contribution < -0.4 is 4.74 Å². The minimum atomic E-state index is -0.135. The molecule has 1 heterocycles. The Labute approximate surface area is 83.9 Å². The summed E-state index contributed by atoms with van der Waals surface area (Å²) in [5.74, 6) is 1.10. The van der Waals surface area contributed by atoms with Gasteiger partial charge in [0.15, 0.2) is 0 Å². The molecule has 14 heavy (non-hydrogen) atoms. The van der Waals surface area contributed by atoms with Crippen LogP contribution in [0.1, 0.15) is 36.5 Å². The molecule has 0 fully saturated rings. The first-order chi connectivity index (χ1) is 6.58. The van der Waals surface area contributed by atoms with Crippen molar-refractivity contribution in [3.05, 3.63) is 28.8 Å². The summed E-state index contributed by atoms with van der Waals surface area (Å²) in [4.78, 5) is 11.1. The van der Waals surface area contributed by atoms with Gasteiger partial charge in [-0.05, 0) is 30.0 Å². The molecule has 1 aromatic rings. The summed E-state index contributed by atoms with van der Waals surface area (Å²) < 4.78 is 5.14. The lowest BCUT2D eigenvalue weighted by atomic mass is 9.97. The number of hydrogen-bond acceptors (Lipinski definition) is 2. The number of esters is 1. The maximum Gasteiger partial charge on any atom is 0.315 e. The molecule has 0 radical (unpaired) electrons. The van der Waals surface area contributed by atoms with Gasteiger partial charge >= 0.3 is 5.97 Å². The fraction of sp³-hybridized carbons (Fsp3) is 0.417. The van der Waals surface area contributed by atoms with Gasteiger partial charge < -0.3 is 4.74 Å². The smallest absolute Gasteiger partial charge is 0.315 e. The van der Waals surface area contributed by atoms with Crippen LogP contribution in [0.2, 0.25) is 0 Å². The number of fused-ring (bicyclic) bond motifs is 1. The molecule has 0 N–H and O–H groups in total. The standard InChI is InChI=1S/C12H14O2/c1-7(2)9-4-8(3)10-6-12(13)14-11(10)5-9/h4-5,7H,6H2,1-3H3. The highest BCUT2D eigenvalue weighted by Crippen LogP contribution is 2.32. The summed E-state index contributed by atoms with van der Waals surface area (Å²) in [5, 5.41) is 0. The summed E-state index contributed by atoms with van der Waals surface area (Å²) in [5.41, 5.74) is 3.45. The molecule has 1 aromatic carbocycles. The summed E-state index contributed by atoms with van der Waals surface area (Å²) in [7, 11) is 0. The zero-order valence-electron chi connectivity index (χ0n) is 8.76. The summed E-state index contributed by atoms with van der Waals surface area (Å²) in [6, 6.07) is 4.13. The Hall–Kier alpha value is -1.31. The molecule has 0 saturated heterocycles. The van der Waals surface area contributed by atoms with Crippen LogP contribution in [0, 0.1) is 6.92 Å². The maximum atomic E-state index is 11.1. The van der Waals surface area contributed by atoms with E-state index in [1.807, 2.05) is 13.0 Å². The van der Waals surface area contributed by atoms with E-state index in [1.165, 1.54) is 5.56 Å². The van der Waals surface area contributed by atoms with Gasteiger partial charge in [-0.2, -0.15) is 0 Å². The molecule has 0 saturated carbocycles. The van der Waals surface area contributed by atoms with Gasteiger partial charge in [0.25, 0.3) is 0 Å². The van der Waals surface area contributed by atoms with Crippen LogP contribution in [0.3, 0.4) is 0 Å². The van der Waals surface area contributed by atoms with Crippen molar-refractivity contribution in [3.8, 4) is 5.75 Å². The molecule has 1 aliphatic rings. The fourth-order valence-corrected chi connectivity index (χ4v) is 1.77. The van der Waals surface area contributed by atoms with E-state index in [1.54, 1.807) is 0 Å². The number of carbonyl (C=O) groups excluding carboxylic acids is 1. The Morgan fingerprint density at radius 1 is 1.36 bits per heavy atom. The first kappa shape index (κ1) is 9.25. The van der Waals surface area contributed by atoms with Gasteiger partial charge in [0.05, 0.1) is 6.42 Å². The zero-order chi connectivity index (χ0) is 10.3. The average molecular weight is 190 g/mol. The number of ether oxygens (including phenoxy) is 1. The molecular formula is C12H14O2. The molecular weight excluding hydrogens is 176 g/mol. The molecule has 74 valence electrons. The Morgan fingerprint density at radius 3 is 2.71 bits per heavy atom. The predicted octanol–water partition coefficient (Wildman–Crippen LogP) is 2.58. The number of aryl methyl sites for hydroxylation is 1. The third-order valence-electron chi connectivity index (χ3n) is 2.67. The zero-order valence-corrected chi connectivity index (χ0v) is 8.76. The largest absolute Gasteiger partial charge is 0.426 e. The number of rotatable bonds is 1. The summed E-state index contributed by atoms with van der Waals surface area (Å²) in [6.45, 7) is 6.31. The summed E-state index contributed by atoms with van der Waals surface area (Å²) in [6.07, 6.45) is 0.430. The van der Waals surface area contributed by atoms with E-state index in [-0.39, 0.29) is 5.97 Å². The molecule has 0 atom stereocenters. The monoisotopic (exact) mass is 190 g/mol. The molecule has 1 aliphatic heterocycles. The number of carbonyl (C=O) groups is 1. The third-order valence-corrected chi connectivity index (χ3v) is 2.67. The van der Waals surface area contributed by atoms with Gasteiger partial charge in [-0.25, -0.2) is 0 Å². The highest BCUT2D eigenvalue weighted by Gasteiger charge is 2.22. The van der Waals surface area contributed by atoms with Crippen molar-refractivity contribution < 1.29 is 9.53 Å². The number of hydrogen-bond donors (Lipinski definition) is 0. The van der Waals surface area contributed by atoms with Gasteiger partial charge in [-0.1, -0.05) is 19.9 Å². The second-order valence-electron chi connectivity index (χ2n) is 4.12. The molecule has 0 aromatic heterocycles. The van der Waals surface area contributed by atoms with Gasteiger partial charge in [0.2, 0.25) is 0 Å². The Kier molecular flexibility index (Phi) is 2.06. The second kappa shape index (κ2) is 3.12. The minimum Gasteiger partial charge on any atom is -0.426 e. The van der Waals surface area contributed by atoms with Crippen molar-refractivity contribution in [1.29, 1.82) is 0 Å². The molecule has 0 spiro atoms. The van der Waals surface area contributed by atoms with Crippen molar-refractivity contribution >= 4 is 5.97 Å². The lowest BCUT2D eigenvalue weighted by Gasteiger charge is -2.09. The quantitative estimate of drug-likeness (QED) is 0.502. The van der Waals surface area contributed by atoms with Crippen LogP contribution in [0.4, 0.5) is 0 Å². The molecule has 0 amide bonds. The first-order valence-electron chi connectivity index (χ1n) is 4.92. The Balaban J connectivity index is 2.51. The van der Waals surface area contributed by atoms with Crippen LogP contribution in [-0.4, -0.2) is 5.97 Å². The van der Waals surface area contributed by atoms with Crippen molar-refractivity contribution in [2.75, 3.05) is 0 Å². The van der Waals surface area contributed by atoms with E-state index in [4.69, 9.17) is 4.74 Å². The van der Waals surface area contributed by atoms with E-state index in [0.717, 1.165) is 16.9 Å². The highest BCUT2D eigenvalue weighted by molar-refractivity contribution is 5.81. The highest BCUT2D eigenvalue weighted by atomic mass is 16.5. The van der Waals surface area contributed by atoms with E-state index in [0.29, 0.717) is 12.3 Å². The van der Waals surface area contributed by atoms with Crippen LogP contribution >= 0.6 is 0 Å². The second-order valence-corrected chi connectivity index (χ2v) is 4.12. The fourth-order valence-electron chi connectivity index (χ4n) is 1.77. The molecule has 0 aliphatic carbocycles. The van der Waals surface area contributed by atoms with E-state index in [9.17, 15) is 4.79 Å². The SMILES string of the molecule is Cc1cc(C(C)C)cc2c1CC(=O)O2. The van der Waals surface area contributed by atoms with Crippen LogP contribution in [0.5, 0.6) is 5.75 Å². The molecule has 0 unspecified atom stereocenters. The van der Waals surface area contributed by atoms with Gasteiger partial charge in [-0.15, -0.1) is 0 Å². The average Bonchev–Trinajstić information content (AvgIpc) is 2.45. The maximum absolute atomic E-state index is 11.1. The number of benzene rings is 1.